The van der Waals surface area contributed by atoms with E-state index in [0.717, 1.165) is 18.8 Å². The van der Waals surface area contributed by atoms with Gasteiger partial charge in [-0.25, -0.2) is 0 Å². The molecular formula is C14H21N3. The second-order valence-corrected chi connectivity index (χ2v) is 4.36. The Labute approximate surface area is 104 Å². The normalized spacial score (nSPS) is 12.2. The summed E-state index contributed by atoms with van der Waals surface area (Å²) in [5.74, 6) is 0. The molecule has 92 valence electrons. The summed E-state index contributed by atoms with van der Waals surface area (Å²) < 4.78 is 0. The zero-order valence-electron chi connectivity index (χ0n) is 10.9. The van der Waals surface area contributed by atoms with Crippen LogP contribution in [0.4, 0.5) is 5.69 Å². The minimum absolute atomic E-state index is 0.613. The van der Waals surface area contributed by atoms with E-state index in [2.05, 4.69) is 37.2 Å². The fraction of sp³-hybridized carbons (Fsp3) is 0.500. The molecule has 1 unspecified atom stereocenters. The van der Waals surface area contributed by atoms with E-state index >= 15 is 0 Å². The summed E-state index contributed by atoms with van der Waals surface area (Å²) in [5.41, 5.74) is 1.71. The monoisotopic (exact) mass is 231 g/mol. The van der Waals surface area contributed by atoms with Crippen LogP contribution in [0.1, 0.15) is 25.8 Å². The highest BCUT2D eigenvalue weighted by atomic mass is 15.1. The van der Waals surface area contributed by atoms with Gasteiger partial charge in [0.1, 0.15) is 0 Å². The predicted octanol–water partition coefficient (Wildman–Crippen LogP) is 2.70. The van der Waals surface area contributed by atoms with Crippen molar-refractivity contribution in [1.29, 1.82) is 5.26 Å². The molecule has 0 amide bonds. The first-order valence-corrected chi connectivity index (χ1v) is 6.11. The maximum absolute atomic E-state index is 8.79. The first kappa shape index (κ1) is 13.5. The average molecular weight is 231 g/mol. The SMILES string of the molecule is CCC(C)N(C)CCNc1cccc(C#N)c1. The number of hydrogen-bond acceptors (Lipinski definition) is 3. The van der Waals surface area contributed by atoms with Crippen molar-refractivity contribution in [2.24, 2.45) is 0 Å². The van der Waals surface area contributed by atoms with Crippen molar-refractivity contribution in [3.8, 4) is 6.07 Å². The fourth-order valence-electron chi connectivity index (χ4n) is 1.61. The zero-order chi connectivity index (χ0) is 12.7. The maximum Gasteiger partial charge on any atom is 0.0992 e. The lowest BCUT2D eigenvalue weighted by molar-refractivity contribution is 0.261. The van der Waals surface area contributed by atoms with Gasteiger partial charge in [-0.15, -0.1) is 0 Å². The number of nitriles is 1. The molecule has 0 bridgehead atoms. The van der Waals surface area contributed by atoms with Gasteiger partial charge in [-0.2, -0.15) is 5.26 Å². The van der Waals surface area contributed by atoms with Crippen molar-refractivity contribution in [2.45, 2.75) is 26.3 Å². The molecule has 0 spiro atoms. The molecule has 0 aromatic heterocycles. The maximum atomic E-state index is 8.79. The summed E-state index contributed by atoms with van der Waals surface area (Å²) in [6.07, 6.45) is 1.17. The highest BCUT2D eigenvalue weighted by Crippen LogP contribution is 2.09. The summed E-state index contributed by atoms with van der Waals surface area (Å²) in [6.45, 7) is 6.34. The molecule has 0 radical (unpaired) electrons. The molecule has 1 atom stereocenters. The van der Waals surface area contributed by atoms with Crippen LogP contribution in [0.3, 0.4) is 0 Å². The van der Waals surface area contributed by atoms with Crippen LogP contribution in [0.25, 0.3) is 0 Å². The Hall–Kier alpha value is -1.53. The third kappa shape index (κ3) is 4.46. The molecule has 0 aliphatic rings. The van der Waals surface area contributed by atoms with Gasteiger partial charge in [0, 0.05) is 24.8 Å². The van der Waals surface area contributed by atoms with E-state index in [1.807, 2.05) is 24.3 Å². The van der Waals surface area contributed by atoms with Gasteiger partial charge >= 0.3 is 0 Å². The Morgan fingerprint density at radius 3 is 2.88 bits per heavy atom. The Bertz CT molecular complexity index is 381. The molecule has 1 rings (SSSR count). The van der Waals surface area contributed by atoms with Gasteiger partial charge in [0.25, 0.3) is 0 Å². The van der Waals surface area contributed by atoms with Gasteiger partial charge in [-0.05, 0) is 38.6 Å². The van der Waals surface area contributed by atoms with Crippen LogP contribution in [-0.2, 0) is 0 Å². The van der Waals surface area contributed by atoms with Crippen LogP contribution >= 0.6 is 0 Å². The van der Waals surface area contributed by atoms with E-state index in [-0.39, 0.29) is 0 Å². The third-order valence-corrected chi connectivity index (χ3v) is 3.13. The van der Waals surface area contributed by atoms with Crippen molar-refractivity contribution < 1.29 is 0 Å². The number of nitrogens with zero attached hydrogens (tertiary/aromatic N) is 2. The van der Waals surface area contributed by atoms with E-state index in [0.29, 0.717) is 11.6 Å². The Morgan fingerprint density at radius 1 is 1.47 bits per heavy atom. The highest BCUT2D eigenvalue weighted by Gasteiger charge is 2.05. The Kier molecular flexibility index (Phi) is 5.51. The molecule has 1 aromatic rings. The van der Waals surface area contributed by atoms with Crippen LogP contribution in [0.5, 0.6) is 0 Å². The van der Waals surface area contributed by atoms with E-state index in [1.54, 1.807) is 0 Å². The van der Waals surface area contributed by atoms with E-state index in [4.69, 9.17) is 5.26 Å². The van der Waals surface area contributed by atoms with Gasteiger partial charge in [0.15, 0.2) is 0 Å². The minimum atomic E-state index is 0.613. The lowest BCUT2D eigenvalue weighted by atomic mass is 10.2. The van der Waals surface area contributed by atoms with Gasteiger partial charge in [0.2, 0.25) is 0 Å². The number of nitrogens with one attached hydrogen (secondary N) is 1. The molecular weight excluding hydrogens is 210 g/mol. The van der Waals surface area contributed by atoms with Gasteiger partial charge in [-0.3, -0.25) is 0 Å². The van der Waals surface area contributed by atoms with Crippen molar-refractivity contribution in [3.63, 3.8) is 0 Å². The Balaban J connectivity index is 2.38. The van der Waals surface area contributed by atoms with Crippen LogP contribution in [0.15, 0.2) is 24.3 Å². The molecule has 1 aromatic carbocycles. The van der Waals surface area contributed by atoms with E-state index in [9.17, 15) is 0 Å². The molecule has 0 heterocycles. The number of rotatable bonds is 6. The molecule has 0 aliphatic carbocycles. The molecule has 0 aliphatic heterocycles. The molecule has 1 N–H and O–H groups in total. The molecule has 3 heteroatoms. The van der Waals surface area contributed by atoms with Gasteiger partial charge in [-0.1, -0.05) is 13.0 Å². The molecule has 0 saturated carbocycles. The van der Waals surface area contributed by atoms with Gasteiger partial charge in [0.05, 0.1) is 11.6 Å². The first-order valence-electron chi connectivity index (χ1n) is 6.11. The number of likely N-dealkylation sites (N-methyl/N-ethyl adjacent to an activating group) is 1. The van der Waals surface area contributed by atoms with Gasteiger partial charge < -0.3 is 10.2 Å². The van der Waals surface area contributed by atoms with Crippen molar-refractivity contribution in [1.82, 2.24) is 4.90 Å². The zero-order valence-corrected chi connectivity index (χ0v) is 10.9. The standard InChI is InChI=1S/C14H21N3/c1-4-12(2)17(3)9-8-16-14-7-5-6-13(10-14)11-15/h5-7,10,12,16H,4,8-9H2,1-3H3. The largest absolute Gasteiger partial charge is 0.384 e. The molecule has 17 heavy (non-hydrogen) atoms. The van der Waals surface area contributed by atoms with Crippen molar-refractivity contribution in [2.75, 3.05) is 25.5 Å². The van der Waals surface area contributed by atoms with Crippen LogP contribution in [-0.4, -0.2) is 31.1 Å². The highest BCUT2D eigenvalue weighted by molar-refractivity contribution is 5.49. The lowest BCUT2D eigenvalue weighted by Crippen LogP contribution is -2.32. The van der Waals surface area contributed by atoms with Crippen molar-refractivity contribution in [3.05, 3.63) is 29.8 Å². The van der Waals surface area contributed by atoms with E-state index in [1.165, 1.54) is 6.42 Å². The summed E-state index contributed by atoms with van der Waals surface area (Å²) in [7, 11) is 2.14. The van der Waals surface area contributed by atoms with E-state index < -0.39 is 0 Å². The summed E-state index contributed by atoms with van der Waals surface area (Å²) >= 11 is 0. The van der Waals surface area contributed by atoms with Crippen LogP contribution < -0.4 is 5.32 Å². The smallest absolute Gasteiger partial charge is 0.0992 e. The number of benzene rings is 1. The number of hydrogen-bond donors (Lipinski definition) is 1. The Morgan fingerprint density at radius 2 is 2.24 bits per heavy atom. The fourth-order valence-corrected chi connectivity index (χ4v) is 1.61. The summed E-state index contributed by atoms with van der Waals surface area (Å²) in [5, 5.41) is 12.1. The third-order valence-electron chi connectivity index (χ3n) is 3.13. The molecule has 0 saturated heterocycles. The molecule has 3 nitrogen and oxygen atoms in total. The first-order chi connectivity index (χ1) is 8.17. The lowest BCUT2D eigenvalue weighted by Gasteiger charge is -2.23. The summed E-state index contributed by atoms with van der Waals surface area (Å²) in [4.78, 5) is 2.33. The minimum Gasteiger partial charge on any atom is -0.384 e. The molecule has 0 fully saturated rings. The topological polar surface area (TPSA) is 39.1 Å². The summed E-state index contributed by atoms with van der Waals surface area (Å²) in [6, 6.07) is 10.3. The van der Waals surface area contributed by atoms with Crippen molar-refractivity contribution >= 4 is 5.69 Å². The van der Waals surface area contributed by atoms with Crippen LogP contribution in [0.2, 0.25) is 0 Å². The van der Waals surface area contributed by atoms with Crippen LogP contribution in [0, 0.1) is 11.3 Å². The second-order valence-electron chi connectivity index (χ2n) is 4.36. The predicted molar refractivity (Wildman–Crippen MR) is 72.0 cm³/mol. The second kappa shape index (κ2) is 6.93. The number of anilines is 1. The average Bonchev–Trinajstić information content (AvgIpc) is 2.37. The quantitative estimate of drug-likeness (QED) is 0.818.